The van der Waals surface area contributed by atoms with E-state index < -0.39 is 0 Å². The van der Waals surface area contributed by atoms with Crippen molar-refractivity contribution in [3.8, 4) is 6.07 Å². The van der Waals surface area contributed by atoms with Crippen LogP contribution >= 0.6 is 23.2 Å². The summed E-state index contributed by atoms with van der Waals surface area (Å²) in [7, 11) is 0. The molecule has 0 bridgehead atoms. The SMILES string of the molecule is N#Cc1cccc(NC(=O)NCCc2ccc(Cl)cc2Cl)c1. The fourth-order valence-electron chi connectivity index (χ4n) is 1.88. The molecule has 0 fully saturated rings. The monoisotopic (exact) mass is 333 g/mol. The van der Waals surface area contributed by atoms with Crippen molar-refractivity contribution >= 4 is 34.9 Å². The Labute approximate surface area is 138 Å². The predicted octanol–water partition coefficient (Wildman–Crippen LogP) is 4.23. The molecule has 0 saturated carbocycles. The Balaban J connectivity index is 1.84. The normalized spacial score (nSPS) is 9.86. The van der Waals surface area contributed by atoms with Gasteiger partial charge in [0.1, 0.15) is 0 Å². The van der Waals surface area contributed by atoms with Crippen LogP contribution in [0.4, 0.5) is 10.5 Å². The van der Waals surface area contributed by atoms with Gasteiger partial charge in [-0.1, -0.05) is 35.3 Å². The summed E-state index contributed by atoms with van der Waals surface area (Å²) in [6.45, 7) is 0.436. The summed E-state index contributed by atoms with van der Waals surface area (Å²) < 4.78 is 0. The van der Waals surface area contributed by atoms with Gasteiger partial charge in [-0.15, -0.1) is 0 Å². The number of halogens is 2. The molecule has 0 spiro atoms. The van der Waals surface area contributed by atoms with Crippen LogP contribution in [-0.4, -0.2) is 12.6 Å². The summed E-state index contributed by atoms with van der Waals surface area (Å²) in [5.41, 5.74) is 1.98. The number of rotatable bonds is 4. The van der Waals surface area contributed by atoms with Crippen LogP contribution in [0.3, 0.4) is 0 Å². The van der Waals surface area contributed by atoms with Crippen LogP contribution in [0.25, 0.3) is 0 Å². The van der Waals surface area contributed by atoms with E-state index in [-0.39, 0.29) is 6.03 Å². The molecule has 6 heteroatoms. The molecule has 0 aliphatic carbocycles. The second-order valence-corrected chi connectivity index (χ2v) is 5.40. The van der Waals surface area contributed by atoms with Crippen LogP contribution in [0.2, 0.25) is 10.0 Å². The molecule has 0 unspecified atom stereocenters. The summed E-state index contributed by atoms with van der Waals surface area (Å²) in [4.78, 5) is 11.8. The molecule has 0 saturated heterocycles. The fraction of sp³-hybridized carbons (Fsp3) is 0.125. The zero-order valence-electron chi connectivity index (χ0n) is 11.6. The van der Waals surface area contributed by atoms with Crippen molar-refractivity contribution in [1.82, 2.24) is 5.32 Å². The number of carbonyl (C=O) groups excluding carboxylic acids is 1. The largest absolute Gasteiger partial charge is 0.338 e. The number of urea groups is 1. The lowest BCUT2D eigenvalue weighted by Crippen LogP contribution is -2.30. The van der Waals surface area contributed by atoms with Crippen molar-refractivity contribution in [2.45, 2.75) is 6.42 Å². The summed E-state index contributed by atoms with van der Waals surface area (Å²) in [5, 5.41) is 15.4. The van der Waals surface area contributed by atoms with Crippen molar-refractivity contribution in [3.05, 3.63) is 63.6 Å². The molecule has 112 valence electrons. The number of nitriles is 1. The van der Waals surface area contributed by atoms with Gasteiger partial charge in [0.15, 0.2) is 0 Å². The summed E-state index contributed by atoms with van der Waals surface area (Å²) >= 11 is 11.9. The molecular weight excluding hydrogens is 321 g/mol. The number of nitrogens with zero attached hydrogens (tertiary/aromatic N) is 1. The zero-order valence-corrected chi connectivity index (χ0v) is 13.1. The topological polar surface area (TPSA) is 64.9 Å². The highest BCUT2D eigenvalue weighted by Crippen LogP contribution is 2.21. The molecule has 2 amide bonds. The first-order valence-electron chi connectivity index (χ1n) is 6.57. The van der Waals surface area contributed by atoms with Crippen molar-refractivity contribution in [2.24, 2.45) is 0 Å². The van der Waals surface area contributed by atoms with Crippen LogP contribution in [0.5, 0.6) is 0 Å². The first kappa shape index (κ1) is 16.2. The van der Waals surface area contributed by atoms with E-state index in [1.165, 1.54) is 0 Å². The second kappa shape index (κ2) is 7.69. The van der Waals surface area contributed by atoms with E-state index in [1.54, 1.807) is 36.4 Å². The first-order valence-corrected chi connectivity index (χ1v) is 7.33. The van der Waals surface area contributed by atoms with E-state index >= 15 is 0 Å². The third-order valence-corrected chi connectivity index (χ3v) is 3.53. The van der Waals surface area contributed by atoms with Crippen molar-refractivity contribution < 1.29 is 4.79 Å². The maximum Gasteiger partial charge on any atom is 0.319 e. The number of hydrogen-bond acceptors (Lipinski definition) is 2. The number of hydrogen-bond donors (Lipinski definition) is 2. The van der Waals surface area contributed by atoms with Gasteiger partial charge in [-0.3, -0.25) is 0 Å². The molecule has 2 aromatic rings. The molecule has 2 aromatic carbocycles. The van der Waals surface area contributed by atoms with Gasteiger partial charge in [-0.05, 0) is 42.3 Å². The Hall–Kier alpha value is -2.22. The van der Waals surface area contributed by atoms with Gasteiger partial charge in [0.2, 0.25) is 0 Å². The summed E-state index contributed by atoms with van der Waals surface area (Å²) in [5.74, 6) is 0. The van der Waals surface area contributed by atoms with E-state index in [4.69, 9.17) is 28.5 Å². The van der Waals surface area contributed by atoms with Crippen molar-refractivity contribution in [2.75, 3.05) is 11.9 Å². The zero-order chi connectivity index (χ0) is 15.9. The van der Waals surface area contributed by atoms with Crippen LogP contribution in [-0.2, 0) is 6.42 Å². The Morgan fingerprint density at radius 2 is 2.00 bits per heavy atom. The molecular formula is C16H13Cl2N3O. The van der Waals surface area contributed by atoms with Gasteiger partial charge in [0.05, 0.1) is 11.6 Å². The third-order valence-electron chi connectivity index (χ3n) is 2.94. The van der Waals surface area contributed by atoms with Crippen LogP contribution in [0.15, 0.2) is 42.5 Å². The van der Waals surface area contributed by atoms with E-state index in [9.17, 15) is 4.79 Å². The number of nitrogens with one attached hydrogen (secondary N) is 2. The second-order valence-electron chi connectivity index (χ2n) is 4.56. The van der Waals surface area contributed by atoms with Crippen LogP contribution in [0.1, 0.15) is 11.1 Å². The Morgan fingerprint density at radius 3 is 2.73 bits per heavy atom. The van der Waals surface area contributed by atoms with E-state index in [0.29, 0.717) is 34.3 Å². The minimum atomic E-state index is -0.333. The molecule has 0 aliphatic heterocycles. The quantitative estimate of drug-likeness (QED) is 0.879. The van der Waals surface area contributed by atoms with E-state index in [1.807, 2.05) is 12.1 Å². The maximum atomic E-state index is 11.8. The Kier molecular flexibility index (Phi) is 5.65. The number of amides is 2. The van der Waals surface area contributed by atoms with Crippen LogP contribution < -0.4 is 10.6 Å². The minimum Gasteiger partial charge on any atom is -0.338 e. The predicted molar refractivity (Wildman–Crippen MR) is 88.3 cm³/mol. The molecule has 0 heterocycles. The molecule has 0 atom stereocenters. The molecule has 0 aliphatic rings. The van der Waals surface area contributed by atoms with Crippen molar-refractivity contribution in [3.63, 3.8) is 0 Å². The summed E-state index contributed by atoms with van der Waals surface area (Å²) in [6, 6.07) is 13.7. The average Bonchev–Trinajstić information content (AvgIpc) is 2.49. The van der Waals surface area contributed by atoms with E-state index in [0.717, 1.165) is 5.56 Å². The lowest BCUT2D eigenvalue weighted by Gasteiger charge is -2.09. The van der Waals surface area contributed by atoms with Gasteiger partial charge in [0.25, 0.3) is 0 Å². The highest BCUT2D eigenvalue weighted by Gasteiger charge is 2.04. The standard InChI is InChI=1S/C16H13Cl2N3O/c17-13-5-4-12(15(18)9-13)6-7-20-16(22)21-14-3-1-2-11(8-14)10-19/h1-5,8-9H,6-7H2,(H2,20,21,22). The third kappa shape index (κ3) is 4.66. The maximum absolute atomic E-state index is 11.8. The van der Waals surface area contributed by atoms with Gasteiger partial charge in [0, 0.05) is 22.3 Å². The van der Waals surface area contributed by atoms with Gasteiger partial charge >= 0.3 is 6.03 Å². The van der Waals surface area contributed by atoms with Gasteiger partial charge in [-0.2, -0.15) is 5.26 Å². The molecule has 22 heavy (non-hydrogen) atoms. The Morgan fingerprint density at radius 1 is 1.18 bits per heavy atom. The average molecular weight is 334 g/mol. The molecule has 4 nitrogen and oxygen atoms in total. The minimum absolute atomic E-state index is 0.333. The molecule has 0 radical (unpaired) electrons. The van der Waals surface area contributed by atoms with Gasteiger partial charge < -0.3 is 10.6 Å². The first-order chi connectivity index (χ1) is 10.6. The number of anilines is 1. The molecule has 2 rings (SSSR count). The van der Waals surface area contributed by atoms with Crippen LogP contribution in [0, 0.1) is 11.3 Å². The fourth-order valence-corrected chi connectivity index (χ4v) is 2.38. The lowest BCUT2D eigenvalue weighted by molar-refractivity contribution is 0.252. The van der Waals surface area contributed by atoms with E-state index in [2.05, 4.69) is 10.6 Å². The Bertz CT molecular complexity index is 726. The molecule has 2 N–H and O–H groups in total. The highest BCUT2D eigenvalue weighted by atomic mass is 35.5. The lowest BCUT2D eigenvalue weighted by atomic mass is 10.1. The molecule has 0 aromatic heterocycles. The summed E-state index contributed by atoms with van der Waals surface area (Å²) in [6.07, 6.45) is 0.599. The van der Waals surface area contributed by atoms with Gasteiger partial charge in [-0.25, -0.2) is 4.79 Å². The smallest absolute Gasteiger partial charge is 0.319 e. The highest BCUT2D eigenvalue weighted by molar-refractivity contribution is 6.35. The number of benzene rings is 2. The number of carbonyl (C=O) groups is 1. The van der Waals surface area contributed by atoms with Crippen molar-refractivity contribution in [1.29, 1.82) is 5.26 Å².